The van der Waals surface area contributed by atoms with Crippen molar-refractivity contribution >= 4 is 11.6 Å². The summed E-state index contributed by atoms with van der Waals surface area (Å²) in [5.74, 6) is 0.870. The largest absolute Gasteiger partial charge is 0.295 e. The number of hydrogen-bond acceptors (Lipinski definition) is 2. The Morgan fingerprint density at radius 1 is 1.29 bits per heavy atom. The zero-order valence-corrected chi connectivity index (χ0v) is 18.3. The highest BCUT2D eigenvalue weighted by atomic mass is 16.1. The van der Waals surface area contributed by atoms with Crippen molar-refractivity contribution in [3.8, 4) is 0 Å². The third-order valence-electron chi connectivity index (χ3n) is 7.06. The van der Waals surface area contributed by atoms with E-state index in [0.29, 0.717) is 12.8 Å². The summed E-state index contributed by atoms with van der Waals surface area (Å²) in [4.78, 5) is 24.3. The average molecular weight is 379 g/mol. The molecule has 0 spiro atoms. The maximum Gasteiger partial charge on any atom is 0.158 e. The van der Waals surface area contributed by atoms with Crippen LogP contribution in [0.4, 0.5) is 0 Å². The second kappa shape index (κ2) is 7.13. The number of hydrogen-bond donors (Lipinski definition) is 0. The lowest BCUT2D eigenvalue weighted by atomic mass is 9.46. The van der Waals surface area contributed by atoms with E-state index < -0.39 is 0 Å². The van der Waals surface area contributed by atoms with Crippen LogP contribution in [0.1, 0.15) is 60.8 Å². The summed E-state index contributed by atoms with van der Waals surface area (Å²) in [5, 5.41) is 0. The van der Waals surface area contributed by atoms with Crippen LogP contribution in [0, 0.1) is 28.6 Å². The van der Waals surface area contributed by atoms with Crippen molar-refractivity contribution in [3.05, 3.63) is 59.3 Å². The third kappa shape index (κ3) is 3.32. The van der Waals surface area contributed by atoms with Crippen LogP contribution in [-0.2, 0) is 9.59 Å². The molecule has 5 atom stereocenters. The van der Waals surface area contributed by atoms with Gasteiger partial charge in [0.2, 0.25) is 0 Å². The molecular formula is C26H34O2. The van der Waals surface area contributed by atoms with Gasteiger partial charge in [0.05, 0.1) is 0 Å². The van der Waals surface area contributed by atoms with E-state index >= 15 is 0 Å². The first kappa shape index (κ1) is 20.8. The van der Waals surface area contributed by atoms with Gasteiger partial charge in [-0.3, -0.25) is 9.59 Å². The standard InChI is InChI=1S/C26H34O2/c1-8-22(28)19(5)24-25(6)13-16(2)14-26(24,7)23(18(4)15-25)17(3)11-20-9-10-21(27)12-20/h9-11,14-15,20,23-24H,5,8,12-13H2,1-4,6-7H3/b17-11-/t20-,23-,24+,25+,26-/m0/s1. The minimum atomic E-state index is -0.190. The van der Waals surface area contributed by atoms with E-state index in [1.165, 1.54) is 16.7 Å². The SMILES string of the molecule is C=C(C(=O)CC)[C@H]1[C@@]2(C)C=C(C)C[C@]1(C)C=C(C)[C@@H]2/C(C)=C\[C@@H]1C=CC(=O)C1. The molecule has 0 N–H and O–H groups in total. The molecule has 0 aromatic carbocycles. The van der Waals surface area contributed by atoms with E-state index in [1.54, 1.807) is 6.08 Å². The van der Waals surface area contributed by atoms with Crippen molar-refractivity contribution in [2.75, 3.05) is 0 Å². The monoisotopic (exact) mass is 378 g/mol. The van der Waals surface area contributed by atoms with E-state index in [0.717, 1.165) is 12.0 Å². The molecule has 2 nitrogen and oxygen atoms in total. The minimum Gasteiger partial charge on any atom is -0.295 e. The van der Waals surface area contributed by atoms with Gasteiger partial charge in [-0.15, -0.1) is 0 Å². The number of carbonyl (C=O) groups excluding carboxylic acids is 2. The van der Waals surface area contributed by atoms with Gasteiger partial charge >= 0.3 is 0 Å². The van der Waals surface area contributed by atoms with Gasteiger partial charge in [-0.25, -0.2) is 0 Å². The molecule has 0 heterocycles. The maximum absolute atomic E-state index is 12.7. The van der Waals surface area contributed by atoms with Crippen molar-refractivity contribution in [2.45, 2.75) is 60.8 Å². The van der Waals surface area contributed by atoms with Crippen molar-refractivity contribution in [1.82, 2.24) is 0 Å². The van der Waals surface area contributed by atoms with Crippen molar-refractivity contribution < 1.29 is 9.59 Å². The maximum atomic E-state index is 12.7. The third-order valence-corrected chi connectivity index (χ3v) is 7.06. The molecule has 0 aromatic heterocycles. The van der Waals surface area contributed by atoms with E-state index in [4.69, 9.17) is 0 Å². The fourth-order valence-electron chi connectivity index (χ4n) is 6.72. The zero-order chi connectivity index (χ0) is 20.9. The second-order valence-corrected chi connectivity index (χ2v) is 9.70. The van der Waals surface area contributed by atoms with Gasteiger partial charge in [-0.05, 0) is 44.3 Å². The zero-order valence-electron chi connectivity index (χ0n) is 18.3. The van der Waals surface area contributed by atoms with E-state index in [1.807, 2.05) is 13.0 Å². The highest BCUT2D eigenvalue weighted by molar-refractivity contribution is 5.95. The molecule has 0 radical (unpaired) electrons. The fourth-order valence-corrected chi connectivity index (χ4v) is 6.72. The molecule has 0 fully saturated rings. The molecule has 3 aliphatic carbocycles. The molecule has 0 unspecified atom stereocenters. The Kier molecular flexibility index (Phi) is 5.29. The van der Waals surface area contributed by atoms with Crippen molar-refractivity contribution in [3.63, 3.8) is 0 Å². The molecule has 28 heavy (non-hydrogen) atoms. The summed E-state index contributed by atoms with van der Waals surface area (Å²) in [5.41, 5.74) is 4.54. The number of allylic oxidation sites excluding steroid dienone is 9. The smallest absolute Gasteiger partial charge is 0.158 e. The molecule has 0 amide bonds. The Labute approximate surface area is 170 Å². The summed E-state index contributed by atoms with van der Waals surface area (Å²) in [6, 6.07) is 0. The quantitative estimate of drug-likeness (QED) is 0.423. The Balaban J connectivity index is 2.12. The Morgan fingerprint density at radius 2 is 1.96 bits per heavy atom. The number of rotatable bonds is 5. The molecule has 0 aromatic rings. The highest BCUT2D eigenvalue weighted by Gasteiger charge is 2.56. The average Bonchev–Trinajstić information content (AvgIpc) is 2.96. The van der Waals surface area contributed by atoms with E-state index in [2.05, 4.69) is 59.4 Å². The Bertz CT molecular complexity index is 850. The number of ketones is 2. The van der Waals surface area contributed by atoms with Gasteiger partial charge in [0.25, 0.3) is 0 Å². The van der Waals surface area contributed by atoms with E-state index in [9.17, 15) is 9.59 Å². The summed E-state index contributed by atoms with van der Waals surface area (Å²) >= 11 is 0. The topological polar surface area (TPSA) is 34.1 Å². The lowest BCUT2D eigenvalue weighted by molar-refractivity contribution is -0.117. The second-order valence-electron chi connectivity index (χ2n) is 9.70. The van der Waals surface area contributed by atoms with Gasteiger partial charge < -0.3 is 0 Å². The van der Waals surface area contributed by atoms with E-state index in [-0.39, 0.29) is 40.2 Å². The molecule has 3 aliphatic rings. The van der Waals surface area contributed by atoms with Crippen LogP contribution < -0.4 is 0 Å². The first-order valence-corrected chi connectivity index (χ1v) is 10.5. The summed E-state index contributed by atoms with van der Waals surface area (Å²) in [7, 11) is 0. The van der Waals surface area contributed by atoms with Crippen LogP contribution in [0.25, 0.3) is 0 Å². The molecule has 2 heteroatoms. The molecule has 0 saturated heterocycles. The summed E-state index contributed by atoms with van der Waals surface area (Å²) < 4.78 is 0. The minimum absolute atomic E-state index is 0.0837. The van der Waals surface area contributed by atoms with Crippen LogP contribution in [-0.4, -0.2) is 11.6 Å². The predicted octanol–water partition coefficient (Wildman–Crippen LogP) is 6.17. The van der Waals surface area contributed by atoms with Gasteiger partial charge in [0.15, 0.2) is 11.6 Å². The first-order valence-electron chi connectivity index (χ1n) is 10.5. The van der Waals surface area contributed by atoms with Crippen molar-refractivity contribution in [2.24, 2.45) is 28.6 Å². The van der Waals surface area contributed by atoms with Gasteiger partial charge in [-0.2, -0.15) is 0 Å². The summed E-state index contributed by atoms with van der Waals surface area (Å²) in [6.45, 7) is 17.4. The molecule has 3 rings (SSSR count). The number of carbonyl (C=O) groups is 2. The molecule has 150 valence electrons. The number of Topliss-reactive ketones (excluding diaryl/α,β-unsaturated/α-hetero) is 1. The first-order chi connectivity index (χ1) is 13.0. The van der Waals surface area contributed by atoms with Crippen LogP contribution in [0.5, 0.6) is 0 Å². The van der Waals surface area contributed by atoms with Crippen LogP contribution in [0.2, 0.25) is 0 Å². The summed E-state index contributed by atoms with van der Waals surface area (Å²) in [6.07, 6.45) is 12.8. The Hall–Kier alpha value is -1.96. The van der Waals surface area contributed by atoms with Gasteiger partial charge in [-0.1, -0.05) is 68.4 Å². The molecule has 0 saturated carbocycles. The lowest BCUT2D eigenvalue weighted by Crippen LogP contribution is -2.51. The predicted molar refractivity (Wildman–Crippen MR) is 116 cm³/mol. The van der Waals surface area contributed by atoms with Gasteiger partial charge in [0.1, 0.15) is 0 Å². The normalized spacial score (nSPS) is 37.6. The highest BCUT2D eigenvalue weighted by Crippen LogP contribution is 2.63. The van der Waals surface area contributed by atoms with Gasteiger partial charge in [0, 0.05) is 36.0 Å². The van der Waals surface area contributed by atoms with Crippen molar-refractivity contribution in [1.29, 1.82) is 0 Å². The van der Waals surface area contributed by atoms with Crippen LogP contribution in [0.3, 0.4) is 0 Å². The lowest BCUT2D eigenvalue weighted by Gasteiger charge is -2.57. The Morgan fingerprint density at radius 3 is 2.54 bits per heavy atom. The van der Waals surface area contributed by atoms with Crippen LogP contribution >= 0.6 is 0 Å². The fraction of sp³-hybridized carbons (Fsp3) is 0.538. The number of fused-ring (bicyclic) bond motifs is 2. The molecular weight excluding hydrogens is 344 g/mol. The molecule has 2 bridgehead atoms. The van der Waals surface area contributed by atoms with Crippen LogP contribution in [0.15, 0.2) is 59.3 Å². The molecule has 0 aliphatic heterocycles.